The number of benzene rings is 3. The van der Waals surface area contributed by atoms with Crippen LogP contribution in [0.3, 0.4) is 0 Å². The summed E-state index contributed by atoms with van der Waals surface area (Å²) in [5.74, 6) is -5.20. The minimum Gasteiger partial charge on any atom is -0.463 e. The molecular formula is C51H58N2O19. The maximum absolute atomic E-state index is 13.8. The number of fused-ring (bicyclic) bond motifs is 4. The second kappa shape index (κ2) is 24.1. The second-order valence-electron chi connectivity index (χ2n) is 17.3. The summed E-state index contributed by atoms with van der Waals surface area (Å²) in [5, 5.41) is 5.38. The molecule has 3 fully saturated rings. The molecule has 7 rings (SSSR count). The van der Waals surface area contributed by atoms with E-state index in [0.29, 0.717) is 5.56 Å². The molecule has 0 aromatic heterocycles. The fraction of sp³-hybridized carbons (Fsp3) is 0.471. The van der Waals surface area contributed by atoms with E-state index < -0.39 is 128 Å². The van der Waals surface area contributed by atoms with Crippen molar-refractivity contribution in [2.24, 2.45) is 0 Å². The lowest BCUT2D eigenvalue weighted by Gasteiger charge is -2.52. The lowest BCUT2D eigenvalue weighted by atomic mass is 9.94. The van der Waals surface area contributed by atoms with Gasteiger partial charge in [-0.05, 0) is 29.2 Å². The standard InChI is InChI=1S/C51H58N2O19/c1-8-22-61-47(59)40(53-51(60)64-23-37-35-20-14-12-18-33(35)34-19-13-15-21-36(34)37)26(2)65-49-41(52-27(3)54)44(42-39(69-49)25-63-48(71-42)32-16-10-9-11-17-32)72-50-46(68-31(7)58)45(67-30(6)57)43(66-29(5)56)38(70-50)24-62-28(4)55/h8-21,26,37-46,48-50H,1,22-25H2,2-7H3,(H,52,54)(H,53,60)/t26-,38?,39?,40+,41?,42?,43?,44?,45?,46?,48?,49?,50?/m1/s1. The SMILES string of the molecule is C=CCOC(=O)[C@@H](NC(=O)OCC1c2ccccc2-c2ccccc21)[C@@H](C)OC1OC2COC(c3ccccc3)OC2C(OC2OC(COC(C)=O)C(OC(C)=O)C(OC(C)=O)C2OC(C)=O)C1NC(C)=O. The average molecular weight is 1000 g/mol. The Balaban J connectivity index is 1.21. The summed E-state index contributed by atoms with van der Waals surface area (Å²) in [4.78, 5) is 90.8. The van der Waals surface area contributed by atoms with E-state index in [1.807, 2.05) is 48.5 Å². The van der Waals surface area contributed by atoms with Gasteiger partial charge in [0.25, 0.3) is 0 Å². The number of esters is 5. The molecule has 3 saturated heterocycles. The van der Waals surface area contributed by atoms with Gasteiger partial charge >= 0.3 is 35.9 Å². The predicted molar refractivity (Wildman–Crippen MR) is 247 cm³/mol. The van der Waals surface area contributed by atoms with Crippen LogP contribution < -0.4 is 10.6 Å². The zero-order chi connectivity index (χ0) is 51.6. The summed E-state index contributed by atoms with van der Waals surface area (Å²) in [6.07, 6.45) is -15.2. The Labute approximate surface area is 414 Å². The molecule has 1 aliphatic carbocycles. The van der Waals surface area contributed by atoms with Crippen LogP contribution in [-0.2, 0) is 85.6 Å². The van der Waals surface area contributed by atoms with E-state index >= 15 is 0 Å². The van der Waals surface area contributed by atoms with Crippen molar-refractivity contribution in [3.8, 4) is 11.1 Å². The average Bonchev–Trinajstić information content (AvgIpc) is 3.66. The van der Waals surface area contributed by atoms with Gasteiger partial charge in [-0.1, -0.05) is 91.5 Å². The number of amides is 2. The number of carbonyl (C=O) groups is 7. The Bertz CT molecular complexity index is 2410. The Morgan fingerprint density at radius 3 is 1.90 bits per heavy atom. The van der Waals surface area contributed by atoms with Crippen LogP contribution in [0.4, 0.5) is 4.79 Å². The van der Waals surface area contributed by atoms with Crippen LogP contribution in [-0.4, -0.2) is 142 Å². The van der Waals surface area contributed by atoms with Crippen molar-refractivity contribution in [3.63, 3.8) is 0 Å². The van der Waals surface area contributed by atoms with Crippen LogP contribution >= 0.6 is 0 Å². The van der Waals surface area contributed by atoms with Crippen LogP contribution in [0.15, 0.2) is 91.5 Å². The highest BCUT2D eigenvalue weighted by Gasteiger charge is 2.58. The Kier molecular flexibility index (Phi) is 17.8. The van der Waals surface area contributed by atoms with E-state index in [-0.39, 0.29) is 25.7 Å². The van der Waals surface area contributed by atoms with Gasteiger partial charge < -0.3 is 67.5 Å². The van der Waals surface area contributed by atoms with E-state index in [4.69, 9.17) is 56.8 Å². The molecule has 3 aliphatic heterocycles. The van der Waals surface area contributed by atoms with E-state index in [1.54, 1.807) is 30.3 Å². The molecule has 21 nitrogen and oxygen atoms in total. The molecule has 2 amide bonds. The number of alkyl carbamates (subject to hydrolysis) is 1. The maximum Gasteiger partial charge on any atom is 0.407 e. The van der Waals surface area contributed by atoms with Crippen molar-refractivity contribution in [1.29, 1.82) is 0 Å². The second-order valence-corrected chi connectivity index (χ2v) is 17.3. The molecule has 0 radical (unpaired) electrons. The smallest absolute Gasteiger partial charge is 0.407 e. The predicted octanol–water partition coefficient (Wildman–Crippen LogP) is 3.84. The van der Waals surface area contributed by atoms with Crippen LogP contribution in [0.5, 0.6) is 0 Å². The lowest BCUT2D eigenvalue weighted by molar-refractivity contribution is -0.381. The van der Waals surface area contributed by atoms with Gasteiger partial charge in [-0.2, -0.15) is 0 Å². The van der Waals surface area contributed by atoms with Crippen LogP contribution in [0.25, 0.3) is 11.1 Å². The zero-order valence-electron chi connectivity index (χ0n) is 40.5. The number of ether oxygens (including phenoxy) is 12. The first kappa shape index (κ1) is 53.1. The first-order valence-corrected chi connectivity index (χ1v) is 23.3. The number of hydrogen-bond donors (Lipinski definition) is 2. The fourth-order valence-electron chi connectivity index (χ4n) is 9.13. The molecule has 3 aromatic carbocycles. The van der Waals surface area contributed by atoms with Gasteiger partial charge in [-0.15, -0.1) is 0 Å². The number of hydrogen-bond acceptors (Lipinski definition) is 19. The normalized spacial score (nSPS) is 27.2. The van der Waals surface area contributed by atoms with Gasteiger partial charge in [0.1, 0.15) is 50.3 Å². The Hall–Kier alpha value is -6.75. The number of carbonyl (C=O) groups excluding carboxylic acids is 7. The van der Waals surface area contributed by atoms with E-state index in [2.05, 4.69) is 17.2 Å². The van der Waals surface area contributed by atoms with E-state index in [0.717, 1.165) is 49.9 Å². The molecule has 72 heavy (non-hydrogen) atoms. The van der Waals surface area contributed by atoms with Gasteiger partial charge in [0, 0.05) is 46.1 Å². The third-order valence-electron chi connectivity index (χ3n) is 12.1. The molecular weight excluding hydrogens is 945 g/mol. The van der Waals surface area contributed by atoms with E-state index in [1.165, 1.54) is 19.9 Å². The molecule has 2 N–H and O–H groups in total. The molecule has 0 saturated carbocycles. The molecule has 3 heterocycles. The first-order chi connectivity index (χ1) is 34.5. The van der Waals surface area contributed by atoms with Gasteiger partial charge in [0.2, 0.25) is 5.91 Å². The van der Waals surface area contributed by atoms with Gasteiger partial charge in [0.15, 0.2) is 43.2 Å². The minimum atomic E-state index is -1.76. The van der Waals surface area contributed by atoms with Crippen LogP contribution in [0.2, 0.25) is 0 Å². The van der Waals surface area contributed by atoms with Crippen molar-refractivity contribution < 1.29 is 90.4 Å². The molecule has 3 aromatic rings. The van der Waals surface area contributed by atoms with Gasteiger partial charge in [0.05, 0.1) is 12.7 Å². The molecule has 13 atom stereocenters. The third-order valence-corrected chi connectivity index (χ3v) is 12.1. The third kappa shape index (κ3) is 12.8. The number of nitrogens with one attached hydrogen (secondary N) is 2. The van der Waals surface area contributed by atoms with Gasteiger partial charge in [-0.3, -0.25) is 24.0 Å². The molecule has 11 unspecified atom stereocenters. The maximum atomic E-state index is 13.8. The van der Waals surface area contributed by atoms with Gasteiger partial charge in [-0.25, -0.2) is 9.59 Å². The molecule has 0 spiro atoms. The monoisotopic (exact) mass is 1000 g/mol. The zero-order valence-corrected chi connectivity index (χ0v) is 40.5. The van der Waals surface area contributed by atoms with Crippen molar-refractivity contribution in [1.82, 2.24) is 10.6 Å². The summed E-state index contributed by atoms with van der Waals surface area (Å²) in [6.45, 7) is 9.62. The van der Waals surface area contributed by atoms with Crippen molar-refractivity contribution >= 4 is 41.8 Å². The first-order valence-electron chi connectivity index (χ1n) is 23.3. The van der Waals surface area contributed by atoms with Crippen LogP contribution in [0, 0.1) is 0 Å². The summed E-state index contributed by atoms with van der Waals surface area (Å²) in [7, 11) is 0. The van der Waals surface area contributed by atoms with E-state index in [9.17, 15) is 33.6 Å². The van der Waals surface area contributed by atoms with Crippen molar-refractivity contribution in [2.45, 2.75) is 127 Å². The summed E-state index contributed by atoms with van der Waals surface area (Å²) in [6, 6.07) is 21.5. The quantitative estimate of drug-likeness (QED) is 0.104. The molecule has 4 aliphatic rings. The highest BCUT2D eigenvalue weighted by atomic mass is 16.8. The highest BCUT2D eigenvalue weighted by molar-refractivity contribution is 5.83. The van der Waals surface area contributed by atoms with Crippen LogP contribution in [0.1, 0.15) is 70.4 Å². The largest absolute Gasteiger partial charge is 0.463 e. The Morgan fingerprint density at radius 2 is 1.29 bits per heavy atom. The van der Waals surface area contributed by atoms with Crippen molar-refractivity contribution in [2.75, 3.05) is 26.4 Å². The topological polar surface area (TPSA) is 254 Å². The number of rotatable bonds is 18. The molecule has 21 heteroatoms. The molecule has 386 valence electrons. The van der Waals surface area contributed by atoms with Crippen molar-refractivity contribution in [3.05, 3.63) is 108 Å². The summed E-state index contributed by atoms with van der Waals surface area (Å²) >= 11 is 0. The minimum absolute atomic E-state index is 0.0782. The Morgan fingerprint density at radius 1 is 0.681 bits per heavy atom. The summed E-state index contributed by atoms with van der Waals surface area (Å²) in [5.41, 5.74) is 4.56. The fourth-order valence-corrected chi connectivity index (χ4v) is 9.13. The highest BCUT2D eigenvalue weighted by Crippen LogP contribution is 2.45. The lowest BCUT2D eigenvalue weighted by Crippen LogP contribution is -2.70. The molecule has 0 bridgehead atoms. The summed E-state index contributed by atoms with van der Waals surface area (Å²) < 4.78 is 72.1.